The maximum absolute atomic E-state index is 12.2. The van der Waals surface area contributed by atoms with Crippen LogP contribution >= 0.6 is 0 Å². The highest BCUT2D eigenvalue weighted by Gasteiger charge is 2.48. The number of aliphatic hydroxyl groups excluding tert-OH is 1. The van der Waals surface area contributed by atoms with Crippen molar-refractivity contribution in [3.63, 3.8) is 0 Å². The topological polar surface area (TPSA) is 37.3 Å². The molecular formula is C15H22O2. The zero-order valence-electron chi connectivity index (χ0n) is 10.8. The summed E-state index contributed by atoms with van der Waals surface area (Å²) in [6.07, 6.45) is 5.57. The highest BCUT2D eigenvalue weighted by Crippen LogP contribution is 2.51. The highest BCUT2D eigenvalue weighted by molar-refractivity contribution is 5.98. The molecule has 1 N–H and O–H groups in total. The Morgan fingerprint density at radius 3 is 2.94 bits per heavy atom. The minimum absolute atomic E-state index is 0.0928. The Labute approximate surface area is 103 Å². The van der Waals surface area contributed by atoms with E-state index in [0.717, 1.165) is 30.4 Å². The molecule has 1 fully saturated rings. The molecule has 0 heterocycles. The fourth-order valence-corrected chi connectivity index (χ4v) is 3.42. The average Bonchev–Trinajstić information content (AvgIpc) is 2.30. The van der Waals surface area contributed by atoms with Crippen molar-refractivity contribution >= 4 is 5.78 Å². The smallest absolute Gasteiger partial charge is 0.159 e. The predicted octanol–water partition coefficient (Wildman–Crippen LogP) is 2.88. The van der Waals surface area contributed by atoms with Crippen molar-refractivity contribution in [3.8, 4) is 0 Å². The Morgan fingerprint density at radius 2 is 2.35 bits per heavy atom. The Hall–Kier alpha value is -0.890. The van der Waals surface area contributed by atoms with Crippen molar-refractivity contribution in [2.24, 2.45) is 17.3 Å². The van der Waals surface area contributed by atoms with Crippen molar-refractivity contribution in [2.75, 3.05) is 6.61 Å². The summed E-state index contributed by atoms with van der Waals surface area (Å²) in [5, 5.41) is 9.84. The molecule has 2 nitrogen and oxygen atoms in total. The number of hydrogen-bond acceptors (Lipinski definition) is 2. The van der Waals surface area contributed by atoms with Crippen LogP contribution in [0.5, 0.6) is 0 Å². The fourth-order valence-electron chi connectivity index (χ4n) is 3.42. The summed E-state index contributed by atoms with van der Waals surface area (Å²) in [4.78, 5) is 12.2. The lowest BCUT2D eigenvalue weighted by Crippen LogP contribution is -2.45. The number of aliphatic hydroxyl groups is 1. The molecule has 1 saturated carbocycles. The van der Waals surface area contributed by atoms with Crippen LogP contribution in [0, 0.1) is 17.3 Å². The van der Waals surface area contributed by atoms with Gasteiger partial charge in [-0.2, -0.15) is 0 Å². The number of carbonyl (C=O) groups is 1. The molecule has 0 spiro atoms. The van der Waals surface area contributed by atoms with Gasteiger partial charge in [0.15, 0.2) is 5.78 Å². The molecule has 0 aliphatic heterocycles. The van der Waals surface area contributed by atoms with Crippen LogP contribution in [-0.4, -0.2) is 17.5 Å². The van der Waals surface area contributed by atoms with Gasteiger partial charge in [0, 0.05) is 11.8 Å². The summed E-state index contributed by atoms with van der Waals surface area (Å²) in [6, 6.07) is 0. The Morgan fingerprint density at radius 1 is 1.65 bits per heavy atom. The van der Waals surface area contributed by atoms with Crippen LogP contribution < -0.4 is 0 Å². The van der Waals surface area contributed by atoms with Crippen molar-refractivity contribution in [1.82, 2.24) is 0 Å². The first-order chi connectivity index (χ1) is 8.01. The van der Waals surface area contributed by atoms with Gasteiger partial charge in [0.1, 0.15) is 0 Å². The van der Waals surface area contributed by atoms with E-state index in [1.165, 1.54) is 0 Å². The molecule has 17 heavy (non-hydrogen) atoms. The normalized spacial score (nSPS) is 37.4. The van der Waals surface area contributed by atoms with E-state index in [1.807, 2.05) is 6.92 Å². The van der Waals surface area contributed by atoms with Gasteiger partial charge in [-0.15, -0.1) is 0 Å². The second-order valence-electron chi connectivity index (χ2n) is 5.79. The zero-order chi connectivity index (χ0) is 12.6. The maximum atomic E-state index is 12.2. The largest absolute Gasteiger partial charge is 0.395 e. The molecule has 3 atom stereocenters. The Kier molecular flexibility index (Phi) is 3.26. The quantitative estimate of drug-likeness (QED) is 0.746. The Bertz CT molecular complexity index is 380. The van der Waals surface area contributed by atoms with Gasteiger partial charge < -0.3 is 5.11 Å². The average molecular weight is 234 g/mol. The van der Waals surface area contributed by atoms with Crippen LogP contribution in [0.3, 0.4) is 0 Å². The number of carbonyl (C=O) groups excluding carboxylic acids is 1. The second kappa shape index (κ2) is 4.41. The van der Waals surface area contributed by atoms with Crippen LogP contribution in [0.4, 0.5) is 0 Å². The molecule has 3 unspecified atom stereocenters. The summed E-state index contributed by atoms with van der Waals surface area (Å²) in [7, 11) is 0. The van der Waals surface area contributed by atoms with Crippen molar-refractivity contribution in [3.05, 3.63) is 23.8 Å². The number of ketones is 1. The molecule has 0 bridgehead atoms. The highest BCUT2D eigenvalue weighted by atomic mass is 16.3. The molecule has 0 amide bonds. The summed E-state index contributed by atoms with van der Waals surface area (Å²) in [6.45, 7) is 8.24. The van der Waals surface area contributed by atoms with Crippen LogP contribution in [0.25, 0.3) is 0 Å². The number of Topliss-reactive ketones (excluding diaryl/α,β-unsaturated/α-hetero) is 1. The van der Waals surface area contributed by atoms with E-state index in [-0.39, 0.29) is 23.7 Å². The molecule has 2 aliphatic rings. The second-order valence-corrected chi connectivity index (χ2v) is 5.79. The van der Waals surface area contributed by atoms with Gasteiger partial charge in [-0.3, -0.25) is 4.79 Å². The van der Waals surface area contributed by atoms with E-state index in [0.29, 0.717) is 12.3 Å². The van der Waals surface area contributed by atoms with Gasteiger partial charge in [-0.1, -0.05) is 25.2 Å². The minimum atomic E-state index is -0.294. The van der Waals surface area contributed by atoms with E-state index in [4.69, 9.17) is 0 Å². The number of rotatable bonds is 2. The van der Waals surface area contributed by atoms with Crippen LogP contribution in [-0.2, 0) is 4.79 Å². The summed E-state index contributed by atoms with van der Waals surface area (Å²) in [5.74, 6) is 0.857. The van der Waals surface area contributed by atoms with E-state index >= 15 is 0 Å². The van der Waals surface area contributed by atoms with Gasteiger partial charge >= 0.3 is 0 Å². The molecule has 0 aromatic rings. The van der Waals surface area contributed by atoms with Crippen molar-refractivity contribution in [1.29, 1.82) is 0 Å². The molecular weight excluding hydrogens is 212 g/mol. The van der Waals surface area contributed by atoms with E-state index in [9.17, 15) is 9.90 Å². The first-order valence-electron chi connectivity index (χ1n) is 6.51. The van der Waals surface area contributed by atoms with Gasteiger partial charge in [0.05, 0.1) is 6.61 Å². The summed E-state index contributed by atoms with van der Waals surface area (Å²) in [5.41, 5.74) is 1.68. The number of allylic oxidation sites excluding steroid dienone is 2. The van der Waals surface area contributed by atoms with E-state index in [2.05, 4.69) is 19.6 Å². The maximum Gasteiger partial charge on any atom is 0.159 e. The Balaban J connectivity index is 2.41. The molecule has 2 rings (SSSR count). The van der Waals surface area contributed by atoms with Gasteiger partial charge in [-0.05, 0) is 43.6 Å². The summed E-state index contributed by atoms with van der Waals surface area (Å²) >= 11 is 0. The fraction of sp³-hybridized carbons (Fsp3) is 0.667. The molecule has 2 heteroatoms. The molecule has 94 valence electrons. The lowest BCUT2D eigenvalue weighted by Gasteiger charge is -2.47. The molecule has 0 radical (unpaired) electrons. The number of hydrogen-bond donors (Lipinski definition) is 1. The van der Waals surface area contributed by atoms with E-state index in [1.54, 1.807) is 0 Å². The minimum Gasteiger partial charge on any atom is -0.395 e. The summed E-state index contributed by atoms with van der Waals surface area (Å²) < 4.78 is 0. The third-order valence-corrected chi connectivity index (χ3v) is 4.75. The lowest BCUT2D eigenvalue weighted by atomic mass is 9.56. The molecule has 0 saturated heterocycles. The van der Waals surface area contributed by atoms with Crippen LogP contribution in [0.1, 0.15) is 39.5 Å². The first kappa shape index (κ1) is 12.6. The monoisotopic (exact) mass is 234 g/mol. The van der Waals surface area contributed by atoms with Crippen LogP contribution in [0.15, 0.2) is 23.8 Å². The molecule has 0 aromatic heterocycles. The third kappa shape index (κ3) is 1.89. The lowest BCUT2D eigenvalue weighted by molar-refractivity contribution is -0.121. The zero-order valence-corrected chi connectivity index (χ0v) is 10.8. The van der Waals surface area contributed by atoms with Gasteiger partial charge in [0.25, 0.3) is 0 Å². The molecule has 0 aromatic carbocycles. The molecule has 2 aliphatic carbocycles. The SMILES string of the molecule is C=C(C)C1CC(=O)C2=CCCC(C)C2(CO)C1. The van der Waals surface area contributed by atoms with Crippen LogP contribution in [0.2, 0.25) is 0 Å². The van der Waals surface area contributed by atoms with Gasteiger partial charge in [0.2, 0.25) is 0 Å². The van der Waals surface area contributed by atoms with Gasteiger partial charge in [-0.25, -0.2) is 0 Å². The third-order valence-electron chi connectivity index (χ3n) is 4.75. The standard InChI is InChI=1S/C15H22O2/c1-10(2)12-7-14(17)13-6-4-5-11(3)15(13,8-12)9-16/h6,11-12,16H,1,4-5,7-9H2,2-3H3. The van der Waals surface area contributed by atoms with E-state index < -0.39 is 0 Å². The first-order valence-corrected chi connectivity index (χ1v) is 6.51. The van der Waals surface area contributed by atoms with Crippen molar-refractivity contribution in [2.45, 2.75) is 39.5 Å². The predicted molar refractivity (Wildman–Crippen MR) is 68.5 cm³/mol. The number of fused-ring (bicyclic) bond motifs is 1. The van der Waals surface area contributed by atoms with Crippen molar-refractivity contribution < 1.29 is 9.90 Å².